The number of aromatic nitrogens is 2. The highest BCUT2D eigenvalue weighted by Crippen LogP contribution is 2.20. The maximum absolute atomic E-state index is 12.5. The summed E-state index contributed by atoms with van der Waals surface area (Å²) in [5.41, 5.74) is -0.359. The molecule has 2 amide bonds. The Morgan fingerprint density at radius 2 is 2.11 bits per heavy atom. The van der Waals surface area contributed by atoms with Gasteiger partial charge in [-0.05, 0) is 33.6 Å². The Morgan fingerprint density at radius 1 is 1.41 bits per heavy atom. The van der Waals surface area contributed by atoms with Crippen LogP contribution in [0, 0.1) is 11.3 Å². The Kier molecular flexibility index (Phi) is 6.55. The third-order valence-corrected chi connectivity index (χ3v) is 4.03. The maximum Gasteiger partial charge on any atom is 0.408 e. The summed E-state index contributed by atoms with van der Waals surface area (Å²) >= 11 is 0. The van der Waals surface area contributed by atoms with Crippen molar-refractivity contribution in [2.45, 2.75) is 58.2 Å². The van der Waals surface area contributed by atoms with Crippen molar-refractivity contribution in [2.24, 2.45) is 0 Å². The maximum atomic E-state index is 12.5. The molecule has 2 unspecified atom stereocenters. The van der Waals surface area contributed by atoms with Gasteiger partial charge in [0.05, 0.1) is 0 Å². The molecule has 1 aliphatic heterocycles. The third kappa shape index (κ3) is 5.81. The molecule has 2 atom stereocenters. The second kappa shape index (κ2) is 8.66. The Hall–Kier alpha value is -2.89. The summed E-state index contributed by atoms with van der Waals surface area (Å²) in [5, 5.41) is 14.7. The number of anilines is 1. The molecular formula is C18H26N6O3. The van der Waals surface area contributed by atoms with E-state index < -0.39 is 17.7 Å². The van der Waals surface area contributed by atoms with Crippen LogP contribution in [0.1, 0.15) is 46.2 Å². The van der Waals surface area contributed by atoms with E-state index in [1.165, 1.54) is 6.20 Å². The molecule has 146 valence electrons. The van der Waals surface area contributed by atoms with E-state index in [0.717, 1.165) is 6.42 Å². The van der Waals surface area contributed by atoms with E-state index >= 15 is 0 Å². The summed E-state index contributed by atoms with van der Waals surface area (Å²) in [6, 6.07) is 1.27. The second-order valence-electron chi connectivity index (χ2n) is 7.39. The molecule has 0 aromatic carbocycles. The molecule has 9 heteroatoms. The zero-order valence-corrected chi connectivity index (χ0v) is 16.2. The van der Waals surface area contributed by atoms with Crippen LogP contribution in [0.4, 0.5) is 10.6 Å². The number of nitrogens with zero attached hydrogens (tertiary/aromatic N) is 4. The number of carbonyl (C=O) groups excluding carboxylic acids is 2. The lowest BCUT2D eigenvalue weighted by Gasteiger charge is -2.24. The number of nitrogens with one attached hydrogen (secondary N) is 2. The monoisotopic (exact) mass is 374 g/mol. The number of ether oxygens (including phenoxy) is 1. The molecule has 2 heterocycles. The fraction of sp³-hybridized carbons (Fsp3) is 0.611. The average molecular weight is 374 g/mol. The molecule has 1 aromatic rings. The first kappa shape index (κ1) is 20.4. The topological polar surface area (TPSA) is 120 Å². The van der Waals surface area contributed by atoms with Gasteiger partial charge < -0.3 is 20.3 Å². The van der Waals surface area contributed by atoms with Gasteiger partial charge in [-0.25, -0.2) is 14.8 Å². The van der Waals surface area contributed by atoms with Crippen LogP contribution in [0.2, 0.25) is 0 Å². The second-order valence-corrected chi connectivity index (χ2v) is 7.39. The van der Waals surface area contributed by atoms with Crippen LogP contribution in [0.3, 0.4) is 0 Å². The molecule has 1 fully saturated rings. The molecule has 2 rings (SSSR count). The highest BCUT2D eigenvalue weighted by Gasteiger charge is 2.29. The molecule has 0 radical (unpaired) electrons. The molecule has 0 bridgehead atoms. The minimum atomic E-state index is -0.667. The van der Waals surface area contributed by atoms with Gasteiger partial charge in [-0.1, -0.05) is 6.92 Å². The number of amides is 2. The van der Waals surface area contributed by atoms with E-state index in [9.17, 15) is 9.59 Å². The fourth-order valence-corrected chi connectivity index (χ4v) is 2.82. The largest absolute Gasteiger partial charge is 0.444 e. The van der Waals surface area contributed by atoms with E-state index in [1.54, 1.807) is 27.0 Å². The van der Waals surface area contributed by atoms with Crippen molar-refractivity contribution in [1.29, 1.82) is 5.26 Å². The van der Waals surface area contributed by atoms with Crippen LogP contribution in [0.15, 0.2) is 12.4 Å². The Bertz CT molecular complexity index is 725. The molecule has 0 spiro atoms. The first-order chi connectivity index (χ1) is 12.7. The summed E-state index contributed by atoms with van der Waals surface area (Å²) in [6.07, 6.45) is 3.57. The zero-order valence-electron chi connectivity index (χ0n) is 16.2. The Labute approximate surface area is 159 Å². The smallest absolute Gasteiger partial charge is 0.408 e. The first-order valence-electron chi connectivity index (χ1n) is 8.99. The molecule has 0 saturated carbocycles. The number of rotatable bonds is 5. The molecule has 27 heavy (non-hydrogen) atoms. The van der Waals surface area contributed by atoms with Gasteiger partial charge in [-0.2, -0.15) is 5.26 Å². The normalized spacial score (nSPS) is 17.7. The average Bonchev–Trinajstić information content (AvgIpc) is 3.06. The van der Waals surface area contributed by atoms with Crippen molar-refractivity contribution in [1.82, 2.24) is 20.6 Å². The van der Waals surface area contributed by atoms with Crippen LogP contribution in [-0.4, -0.2) is 52.7 Å². The van der Waals surface area contributed by atoms with E-state index in [0.29, 0.717) is 25.3 Å². The molecule has 0 aliphatic carbocycles. The van der Waals surface area contributed by atoms with Crippen molar-refractivity contribution < 1.29 is 14.3 Å². The van der Waals surface area contributed by atoms with Gasteiger partial charge in [-0.3, -0.25) is 4.79 Å². The predicted molar refractivity (Wildman–Crippen MR) is 99.0 cm³/mol. The minimum absolute atomic E-state index is 0.0967. The number of hydrogen-bond donors (Lipinski definition) is 2. The molecular weight excluding hydrogens is 348 g/mol. The lowest BCUT2D eigenvalue weighted by Crippen LogP contribution is -2.50. The van der Waals surface area contributed by atoms with E-state index in [4.69, 9.17) is 10.00 Å². The highest BCUT2D eigenvalue weighted by molar-refractivity contribution is 5.86. The molecule has 2 N–H and O–H groups in total. The van der Waals surface area contributed by atoms with E-state index in [2.05, 4.69) is 20.6 Å². The third-order valence-electron chi connectivity index (χ3n) is 4.03. The van der Waals surface area contributed by atoms with Crippen LogP contribution in [0.5, 0.6) is 0 Å². The van der Waals surface area contributed by atoms with Crippen molar-refractivity contribution in [3.63, 3.8) is 0 Å². The summed E-state index contributed by atoms with van der Waals surface area (Å²) in [5.74, 6) is 0.269. The molecule has 1 aliphatic rings. The molecule has 9 nitrogen and oxygen atoms in total. The van der Waals surface area contributed by atoms with Crippen molar-refractivity contribution >= 4 is 17.8 Å². The predicted octanol–water partition coefficient (Wildman–Crippen LogP) is 1.35. The van der Waals surface area contributed by atoms with Gasteiger partial charge in [0.2, 0.25) is 5.91 Å². The van der Waals surface area contributed by atoms with Gasteiger partial charge in [0.1, 0.15) is 17.7 Å². The van der Waals surface area contributed by atoms with Crippen LogP contribution >= 0.6 is 0 Å². The number of nitriles is 1. The summed E-state index contributed by atoms with van der Waals surface area (Å²) < 4.78 is 5.21. The standard InChI is InChI=1S/C18H26N6O3/c1-5-13(23-17(26)27-18(2,3)4)16(25)22-12-6-9-24(11-12)15-14(10-19)20-7-8-21-15/h7-8,12-13H,5-6,9,11H2,1-4H3,(H,22,25)(H,23,26). The first-order valence-corrected chi connectivity index (χ1v) is 8.99. The van der Waals surface area contributed by atoms with Gasteiger partial charge in [0.25, 0.3) is 0 Å². The fourth-order valence-electron chi connectivity index (χ4n) is 2.82. The Balaban J connectivity index is 1.92. The lowest BCUT2D eigenvalue weighted by atomic mass is 10.2. The van der Waals surface area contributed by atoms with Crippen molar-refractivity contribution in [3.05, 3.63) is 18.1 Å². The molecule has 1 saturated heterocycles. The van der Waals surface area contributed by atoms with Crippen LogP contribution in [-0.2, 0) is 9.53 Å². The Morgan fingerprint density at radius 3 is 2.74 bits per heavy atom. The van der Waals surface area contributed by atoms with Crippen molar-refractivity contribution in [3.8, 4) is 6.07 Å². The molecule has 1 aromatic heterocycles. The van der Waals surface area contributed by atoms with Gasteiger partial charge in [0, 0.05) is 31.5 Å². The SMILES string of the molecule is CCC(NC(=O)OC(C)(C)C)C(=O)NC1CCN(c2nccnc2C#N)C1. The number of carbonyl (C=O) groups is 2. The van der Waals surface area contributed by atoms with Gasteiger partial charge >= 0.3 is 6.09 Å². The number of alkyl carbamates (subject to hydrolysis) is 1. The summed E-state index contributed by atoms with van der Waals surface area (Å²) in [4.78, 5) is 34.6. The zero-order chi connectivity index (χ0) is 20.0. The lowest BCUT2D eigenvalue weighted by molar-refractivity contribution is -0.123. The van der Waals surface area contributed by atoms with E-state index in [-0.39, 0.29) is 17.6 Å². The number of hydrogen-bond acceptors (Lipinski definition) is 7. The quantitative estimate of drug-likeness (QED) is 0.798. The minimum Gasteiger partial charge on any atom is -0.444 e. The van der Waals surface area contributed by atoms with Crippen molar-refractivity contribution in [2.75, 3.05) is 18.0 Å². The van der Waals surface area contributed by atoms with Crippen LogP contribution < -0.4 is 15.5 Å². The summed E-state index contributed by atoms with van der Waals surface area (Å²) in [6.45, 7) is 8.31. The highest BCUT2D eigenvalue weighted by atomic mass is 16.6. The summed E-state index contributed by atoms with van der Waals surface area (Å²) in [7, 11) is 0. The van der Waals surface area contributed by atoms with Gasteiger partial charge in [0.15, 0.2) is 11.5 Å². The van der Waals surface area contributed by atoms with Crippen LogP contribution in [0.25, 0.3) is 0 Å². The van der Waals surface area contributed by atoms with Gasteiger partial charge in [-0.15, -0.1) is 0 Å². The van der Waals surface area contributed by atoms with E-state index in [1.807, 2.05) is 17.9 Å².